The summed E-state index contributed by atoms with van der Waals surface area (Å²) >= 11 is 1.12. The monoisotopic (exact) mass is 229 g/mol. The first kappa shape index (κ1) is 12.1. The molecule has 0 radical (unpaired) electrons. The van der Waals surface area contributed by atoms with E-state index in [9.17, 15) is 4.79 Å². The highest BCUT2D eigenvalue weighted by Crippen LogP contribution is 2.13. The van der Waals surface area contributed by atoms with E-state index in [0.29, 0.717) is 24.4 Å². The highest BCUT2D eigenvalue weighted by molar-refractivity contribution is 7.07. The molecule has 0 saturated carbocycles. The minimum atomic E-state index is -0.0848. The number of hydrogen-bond donors (Lipinski definition) is 1. The molecule has 0 spiro atoms. The molecule has 1 aromatic rings. The van der Waals surface area contributed by atoms with Crippen LogP contribution in [0.1, 0.15) is 29.2 Å². The van der Waals surface area contributed by atoms with E-state index >= 15 is 0 Å². The fraction of sp³-hybridized carbons (Fsp3) is 0.667. The predicted molar refractivity (Wildman–Crippen MR) is 58.0 cm³/mol. The summed E-state index contributed by atoms with van der Waals surface area (Å²) in [6.07, 6.45) is 0.703. The van der Waals surface area contributed by atoms with Crippen molar-refractivity contribution in [2.75, 3.05) is 19.7 Å². The highest BCUT2D eigenvalue weighted by atomic mass is 32.1. The van der Waals surface area contributed by atoms with Gasteiger partial charge in [-0.3, -0.25) is 4.79 Å². The number of hydrogen-bond acceptors (Lipinski definition) is 5. The van der Waals surface area contributed by atoms with E-state index in [2.05, 4.69) is 9.59 Å². The molecular formula is C9H15N3O2S. The number of carbonyl (C=O) groups is 1. The second-order valence-electron chi connectivity index (χ2n) is 3.01. The van der Waals surface area contributed by atoms with Crippen LogP contribution in [0.25, 0.3) is 0 Å². The molecule has 15 heavy (non-hydrogen) atoms. The van der Waals surface area contributed by atoms with Gasteiger partial charge in [0.15, 0.2) is 0 Å². The van der Waals surface area contributed by atoms with Gasteiger partial charge in [-0.2, -0.15) is 0 Å². The minimum absolute atomic E-state index is 0.0206. The Hall–Kier alpha value is -1.01. The smallest absolute Gasteiger partial charge is 0.267 e. The molecule has 6 heteroatoms. The average Bonchev–Trinajstić information content (AvgIpc) is 2.72. The Labute approximate surface area is 92.9 Å². The van der Waals surface area contributed by atoms with Crippen LogP contribution in [0.2, 0.25) is 0 Å². The van der Waals surface area contributed by atoms with Crippen LogP contribution < -0.4 is 0 Å². The summed E-state index contributed by atoms with van der Waals surface area (Å²) in [7, 11) is 0. The van der Waals surface area contributed by atoms with E-state index in [-0.39, 0.29) is 12.5 Å². The van der Waals surface area contributed by atoms with E-state index in [1.165, 1.54) is 0 Å². The van der Waals surface area contributed by atoms with Crippen molar-refractivity contribution in [2.24, 2.45) is 0 Å². The van der Waals surface area contributed by atoms with Crippen LogP contribution in [0.15, 0.2) is 0 Å². The number of aliphatic hydroxyl groups excluding tert-OH is 1. The van der Waals surface area contributed by atoms with Gasteiger partial charge in [-0.15, -0.1) is 5.10 Å². The van der Waals surface area contributed by atoms with Crippen molar-refractivity contribution in [2.45, 2.75) is 20.3 Å². The fourth-order valence-electron chi connectivity index (χ4n) is 1.27. The van der Waals surface area contributed by atoms with Crippen LogP contribution in [0.5, 0.6) is 0 Å². The molecule has 1 N–H and O–H groups in total. The molecule has 0 aliphatic carbocycles. The summed E-state index contributed by atoms with van der Waals surface area (Å²) < 4.78 is 3.77. The van der Waals surface area contributed by atoms with Crippen LogP contribution in [-0.2, 0) is 6.42 Å². The molecular weight excluding hydrogens is 214 g/mol. The summed E-state index contributed by atoms with van der Waals surface area (Å²) in [6.45, 7) is 4.74. The molecule has 0 aromatic carbocycles. The molecule has 84 valence electrons. The number of carbonyl (C=O) groups excluding carboxylic acids is 1. The normalized spacial score (nSPS) is 10.3. The summed E-state index contributed by atoms with van der Waals surface area (Å²) in [5, 5.41) is 12.7. The van der Waals surface area contributed by atoms with Gasteiger partial charge in [-0.25, -0.2) is 0 Å². The first-order valence-electron chi connectivity index (χ1n) is 4.95. The van der Waals surface area contributed by atoms with Crippen molar-refractivity contribution in [1.82, 2.24) is 14.5 Å². The van der Waals surface area contributed by atoms with Crippen molar-refractivity contribution in [3.05, 3.63) is 10.6 Å². The molecule has 0 aliphatic rings. The van der Waals surface area contributed by atoms with E-state index < -0.39 is 0 Å². The number of aromatic nitrogens is 2. The van der Waals surface area contributed by atoms with Crippen LogP contribution >= 0.6 is 11.5 Å². The molecule has 1 heterocycles. The lowest BCUT2D eigenvalue weighted by Gasteiger charge is -2.18. The average molecular weight is 229 g/mol. The van der Waals surface area contributed by atoms with Gasteiger partial charge in [-0.1, -0.05) is 11.4 Å². The zero-order valence-corrected chi connectivity index (χ0v) is 9.75. The van der Waals surface area contributed by atoms with Crippen LogP contribution in [0.4, 0.5) is 0 Å². The predicted octanol–water partition coefficient (Wildman–Crippen LogP) is 0.555. The zero-order valence-electron chi connectivity index (χ0n) is 8.93. The third-order valence-electron chi connectivity index (χ3n) is 2.12. The zero-order chi connectivity index (χ0) is 11.3. The molecule has 0 unspecified atom stereocenters. The van der Waals surface area contributed by atoms with Crippen molar-refractivity contribution >= 4 is 17.4 Å². The second kappa shape index (κ2) is 5.77. The van der Waals surface area contributed by atoms with Gasteiger partial charge in [0.2, 0.25) is 0 Å². The first-order valence-corrected chi connectivity index (χ1v) is 5.73. The Kier molecular flexibility index (Phi) is 4.64. The summed E-state index contributed by atoms with van der Waals surface area (Å²) in [4.78, 5) is 14.1. The van der Waals surface area contributed by atoms with E-state index in [1.807, 2.05) is 13.8 Å². The van der Waals surface area contributed by atoms with Crippen molar-refractivity contribution in [3.63, 3.8) is 0 Å². The maximum atomic E-state index is 12.0. The SMILES string of the molecule is CCc1nnsc1C(=O)N(CC)CCO. The van der Waals surface area contributed by atoms with E-state index in [1.54, 1.807) is 4.90 Å². The Morgan fingerprint density at radius 3 is 2.80 bits per heavy atom. The topological polar surface area (TPSA) is 66.3 Å². The van der Waals surface area contributed by atoms with Gasteiger partial charge in [0.25, 0.3) is 5.91 Å². The maximum absolute atomic E-state index is 12.0. The number of aliphatic hydroxyl groups is 1. The number of aryl methyl sites for hydroxylation is 1. The molecule has 0 saturated heterocycles. The largest absolute Gasteiger partial charge is 0.395 e. The highest BCUT2D eigenvalue weighted by Gasteiger charge is 2.19. The summed E-state index contributed by atoms with van der Waals surface area (Å²) in [5.41, 5.74) is 0.737. The molecule has 0 aliphatic heterocycles. The van der Waals surface area contributed by atoms with Crippen molar-refractivity contribution < 1.29 is 9.90 Å². The molecule has 1 aromatic heterocycles. The minimum Gasteiger partial charge on any atom is -0.395 e. The Bertz CT molecular complexity index is 327. The number of nitrogens with zero attached hydrogens (tertiary/aromatic N) is 3. The molecule has 1 amide bonds. The number of amides is 1. The summed E-state index contributed by atoms with van der Waals surface area (Å²) in [5.74, 6) is -0.0848. The van der Waals surface area contributed by atoms with Crippen LogP contribution in [-0.4, -0.2) is 45.2 Å². The fourth-order valence-corrected chi connectivity index (χ4v) is 1.99. The lowest BCUT2D eigenvalue weighted by atomic mass is 10.2. The number of rotatable bonds is 5. The Balaban J connectivity index is 2.82. The Morgan fingerprint density at radius 2 is 2.27 bits per heavy atom. The van der Waals surface area contributed by atoms with Crippen LogP contribution in [0, 0.1) is 0 Å². The molecule has 0 bridgehead atoms. The standard InChI is InChI=1S/C9H15N3O2S/c1-3-7-8(15-11-10-7)9(14)12(4-2)5-6-13/h13H,3-6H2,1-2H3. The number of likely N-dealkylation sites (N-methyl/N-ethyl adjacent to an activating group) is 1. The first-order chi connectivity index (χ1) is 7.24. The summed E-state index contributed by atoms with van der Waals surface area (Å²) in [6, 6.07) is 0. The molecule has 1 rings (SSSR count). The molecule has 5 nitrogen and oxygen atoms in total. The van der Waals surface area contributed by atoms with E-state index in [0.717, 1.165) is 17.2 Å². The molecule has 0 atom stereocenters. The Morgan fingerprint density at radius 1 is 1.53 bits per heavy atom. The van der Waals surface area contributed by atoms with Gasteiger partial charge in [0, 0.05) is 13.1 Å². The van der Waals surface area contributed by atoms with Crippen molar-refractivity contribution in [1.29, 1.82) is 0 Å². The third-order valence-corrected chi connectivity index (χ3v) is 2.88. The van der Waals surface area contributed by atoms with Crippen molar-refractivity contribution in [3.8, 4) is 0 Å². The third kappa shape index (κ3) is 2.73. The lowest BCUT2D eigenvalue weighted by Crippen LogP contribution is -2.33. The second-order valence-corrected chi connectivity index (χ2v) is 3.76. The van der Waals surface area contributed by atoms with Gasteiger partial charge in [0.05, 0.1) is 12.3 Å². The van der Waals surface area contributed by atoms with Gasteiger partial charge >= 0.3 is 0 Å². The maximum Gasteiger partial charge on any atom is 0.267 e. The van der Waals surface area contributed by atoms with Gasteiger partial charge in [-0.05, 0) is 24.9 Å². The lowest BCUT2D eigenvalue weighted by molar-refractivity contribution is 0.0735. The van der Waals surface area contributed by atoms with E-state index in [4.69, 9.17) is 5.11 Å². The van der Waals surface area contributed by atoms with Gasteiger partial charge in [0.1, 0.15) is 4.88 Å². The van der Waals surface area contributed by atoms with Gasteiger partial charge < -0.3 is 10.0 Å². The molecule has 0 fully saturated rings. The quantitative estimate of drug-likeness (QED) is 0.801. The van der Waals surface area contributed by atoms with Crippen LogP contribution in [0.3, 0.4) is 0 Å².